The van der Waals surface area contributed by atoms with Crippen molar-refractivity contribution in [1.82, 2.24) is 4.98 Å². The summed E-state index contributed by atoms with van der Waals surface area (Å²) in [6.07, 6.45) is 2.12. The minimum atomic E-state index is -0.121. The van der Waals surface area contributed by atoms with Gasteiger partial charge in [-0.3, -0.25) is 0 Å². The van der Waals surface area contributed by atoms with E-state index >= 15 is 0 Å². The van der Waals surface area contributed by atoms with Gasteiger partial charge in [0.1, 0.15) is 10.7 Å². The standard InChI is InChI=1S/C31H25BrN4S/c32-23-14-16-24(17-15-23)36-29(22-12-10-20(19-33)11-13-22)25(21-6-2-1-3-7-21)18-26(34)30(36)31-35-27-8-4-5-9-28(27)37-31/h1-18,29H,19,33-34H2. The van der Waals surface area contributed by atoms with Crippen LogP contribution in [0.15, 0.2) is 119 Å². The summed E-state index contributed by atoms with van der Waals surface area (Å²) < 4.78 is 2.16. The van der Waals surface area contributed by atoms with Gasteiger partial charge >= 0.3 is 0 Å². The number of para-hydroxylation sites is 1. The van der Waals surface area contributed by atoms with Gasteiger partial charge in [0.15, 0.2) is 0 Å². The zero-order chi connectivity index (χ0) is 25.4. The van der Waals surface area contributed by atoms with E-state index in [1.54, 1.807) is 11.3 Å². The fourth-order valence-corrected chi connectivity index (χ4v) is 6.13. The number of halogens is 1. The second kappa shape index (κ2) is 9.98. The lowest BCUT2D eigenvalue weighted by molar-refractivity contribution is 0.856. The first kappa shape index (κ1) is 23.7. The molecule has 6 heteroatoms. The molecule has 0 bridgehead atoms. The molecule has 1 atom stereocenters. The highest BCUT2D eigenvalue weighted by atomic mass is 79.9. The molecular formula is C31H25BrN4S. The number of nitrogens with zero attached hydrogens (tertiary/aromatic N) is 2. The molecule has 6 rings (SSSR count). The number of benzene rings is 4. The summed E-state index contributed by atoms with van der Waals surface area (Å²) in [6, 6.07) is 35.5. The monoisotopic (exact) mass is 564 g/mol. The molecule has 37 heavy (non-hydrogen) atoms. The Morgan fingerprint density at radius 2 is 1.54 bits per heavy atom. The van der Waals surface area contributed by atoms with Crippen molar-refractivity contribution in [2.45, 2.75) is 12.6 Å². The molecule has 2 heterocycles. The van der Waals surface area contributed by atoms with E-state index in [0.29, 0.717) is 12.2 Å². The second-order valence-electron chi connectivity index (χ2n) is 8.95. The number of nitrogens with two attached hydrogens (primary N) is 2. The Bertz CT molecular complexity index is 1590. The summed E-state index contributed by atoms with van der Waals surface area (Å²) in [4.78, 5) is 7.35. The van der Waals surface area contributed by atoms with Crippen LogP contribution in [0.3, 0.4) is 0 Å². The molecule has 0 saturated carbocycles. The average Bonchev–Trinajstić information content (AvgIpc) is 3.37. The van der Waals surface area contributed by atoms with Crippen molar-refractivity contribution >= 4 is 54.4 Å². The van der Waals surface area contributed by atoms with Crippen LogP contribution in [-0.2, 0) is 6.54 Å². The number of allylic oxidation sites excluding steroid dienone is 1. The summed E-state index contributed by atoms with van der Waals surface area (Å²) in [5.74, 6) is 0. The summed E-state index contributed by atoms with van der Waals surface area (Å²) in [5.41, 5.74) is 21.0. The molecule has 0 saturated heterocycles. The molecule has 1 aliphatic rings. The summed E-state index contributed by atoms with van der Waals surface area (Å²) in [6.45, 7) is 0.507. The Kier molecular flexibility index (Phi) is 6.38. The quantitative estimate of drug-likeness (QED) is 0.232. The van der Waals surface area contributed by atoms with Crippen LogP contribution in [0.1, 0.15) is 27.7 Å². The van der Waals surface area contributed by atoms with Gasteiger partial charge in [-0.15, -0.1) is 11.3 Å². The van der Waals surface area contributed by atoms with E-state index in [4.69, 9.17) is 16.5 Å². The molecule has 4 N–H and O–H groups in total. The van der Waals surface area contributed by atoms with Crippen LogP contribution < -0.4 is 16.4 Å². The van der Waals surface area contributed by atoms with Crippen LogP contribution in [0, 0.1) is 0 Å². The van der Waals surface area contributed by atoms with Gasteiger partial charge in [-0.2, -0.15) is 0 Å². The minimum absolute atomic E-state index is 0.121. The maximum atomic E-state index is 6.91. The second-order valence-corrected chi connectivity index (χ2v) is 10.9. The van der Waals surface area contributed by atoms with Crippen molar-refractivity contribution in [2.75, 3.05) is 4.90 Å². The maximum Gasteiger partial charge on any atom is 0.143 e. The Hall–Kier alpha value is -3.71. The molecule has 0 fully saturated rings. The smallest absolute Gasteiger partial charge is 0.143 e. The summed E-state index contributed by atoms with van der Waals surface area (Å²) in [5, 5.41) is 0.897. The van der Waals surface area contributed by atoms with Crippen molar-refractivity contribution < 1.29 is 0 Å². The maximum absolute atomic E-state index is 6.91. The van der Waals surface area contributed by atoms with Crippen molar-refractivity contribution in [1.29, 1.82) is 0 Å². The van der Waals surface area contributed by atoms with Crippen LogP contribution in [0.25, 0.3) is 21.5 Å². The van der Waals surface area contributed by atoms with E-state index in [-0.39, 0.29) is 6.04 Å². The van der Waals surface area contributed by atoms with Gasteiger partial charge in [-0.1, -0.05) is 82.7 Å². The molecule has 1 unspecified atom stereocenters. The third-order valence-corrected chi connectivity index (χ3v) is 8.19. The molecule has 4 nitrogen and oxygen atoms in total. The third-order valence-electron chi connectivity index (χ3n) is 6.62. The average molecular weight is 566 g/mol. The number of hydrogen-bond acceptors (Lipinski definition) is 5. The fourth-order valence-electron chi connectivity index (χ4n) is 4.84. The first-order valence-corrected chi connectivity index (χ1v) is 13.7. The minimum Gasteiger partial charge on any atom is -0.397 e. The van der Waals surface area contributed by atoms with E-state index in [2.05, 4.69) is 106 Å². The zero-order valence-corrected chi connectivity index (χ0v) is 22.4. The Balaban J connectivity index is 1.63. The normalized spacial score (nSPS) is 15.8. The van der Waals surface area contributed by atoms with E-state index in [1.165, 1.54) is 0 Å². The zero-order valence-electron chi connectivity index (χ0n) is 20.0. The van der Waals surface area contributed by atoms with Crippen molar-refractivity contribution in [3.8, 4) is 0 Å². The molecule has 0 amide bonds. The molecule has 0 aliphatic carbocycles. The molecule has 4 aromatic carbocycles. The van der Waals surface area contributed by atoms with Gasteiger partial charge in [0.25, 0.3) is 0 Å². The summed E-state index contributed by atoms with van der Waals surface area (Å²) >= 11 is 5.26. The number of anilines is 1. The number of aromatic nitrogens is 1. The predicted octanol–water partition coefficient (Wildman–Crippen LogP) is 7.49. The number of fused-ring (bicyclic) bond motifs is 1. The molecule has 1 aliphatic heterocycles. The van der Waals surface area contributed by atoms with Crippen LogP contribution in [0.5, 0.6) is 0 Å². The Morgan fingerprint density at radius 1 is 0.838 bits per heavy atom. The highest BCUT2D eigenvalue weighted by Crippen LogP contribution is 2.48. The lowest BCUT2D eigenvalue weighted by Gasteiger charge is -2.40. The van der Waals surface area contributed by atoms with Crippen molar-refractivity contribution in [2.24, 2.45) is 11.5 Å². The largest absolute Gasteiger partial charge is 0.397 e. The molecule has 1 aromatic heterocycles. The molecule has 0 spiro atoms. The van der Waals surface area contributed by atoms with Gasteiger partial charge < -0.3 is 16.4 Å². The Morgan fingerprint density at radius 3 is 2.24 bits per heavy atom. The molecule has 5 aromatic rings. The highest BCUT2D eigenvalue weighted by molar-refractivity contribution is 9.10. The van der Waals surface area contributed by atoms with E-state index in [1.807, 2.05) is 24.3 Å². The van der Waals surface area contributed by atoms with Crippen LogP contribution in [-0.4, -0.2) is 4.98 Å². The molecular weight excluding hydrogens is 540 g/mol. The third kappa shape index (κ3) is 4.48. The van der Waals surface area contributed by atoms with Crippen molar-refractivity contribution in [3.63, 3.8) is 0 Å². The SMILES string of the molecule is NCc1ccc(C2C(c3ccccc3)=CC(N)=C(c3nc4ccccc4s3)N2c2ccc(Br)cc2)cc1. The predicted molar refractivity (Wildman–Crippen MR) is 159 cm³/mol. The van der Waals surface area contributed by atoms with Crippen molar-refractivity contribution in [3.05, 3.63) is 141 Å². The van der Waals surface area contributed by atoms with Gasteiger partial charge in [-0.05, 0) is 64.7 Å². The van der Waals surface area contributed by atoms with Gasteiger partial charge in [-0.25, -0.2) is 4.98 Å². The van der Waals surface area contributed by atoms with Crippen LogP contribution in [0.2, 0.25) is 0 Å². The lowest BCUT2D eigenvalue weighted by atomic mass is 9.87. The van der Waals surface area contributed by atoms with Gasteiger partial charge in [0.2, 0.25) is 0 Å². The topological polar surface area (TPSA) is 68.2 Å². The first-order chi connectivity index (χ1) is 18.1. The van der Waals surface area contributed by atoms with Gasteiger partial charge in [0, 0.05) is 16.7 Å². The van der Waals surface area contributed by atoms with E-state index in [0.717, 1.165) is 53.3 Å². The number of thiazole rings is 1. The van der Waals surface area contributed by atoms with E-state index < -0.39 is 0 Å². The van der Waals surface area contributed by atoms with Crippen LogP contribution >= 0.6 is 27.3 Å². The van der Waals surface area contributed by atoms with Crippen LogP contribution in [0.4, 0.5) is 5.69 Å². The van der Waals surface area contributed by atoms with E-state index in [9.17, 15) is 0 Å². The Labute approximate surface area is 228 Å². The van der Waals surface area contributed by atoms with Gasteiger partial charge in [0.05, 0.1) is 22.0 Å². The fraction of sp³-hybridized carbons (Fsp3) is 0.0645. The molecule has 0 radical (unpaired) electrons. The lowest BCUT2D eigenvalue weighted by Crippen LogP contribution is -2.33. The number of hydrogen-bond donors (Lipinski definition) is 2. The highest BCUT2D eigenvalue weighted by Gasteiger charge is 2.35. The molecule has 182 valence electrons. The summed E-state index contributed by atoms with van der Waals surface area (Å²) in [7, 11) is 0. The number of rotatable bonds is 5. The first-order valence-electron chi connectivity index (χ1n) is 12.1.